The molecule has 20 heavy (non-hydrogen) atoms. The second kappa shape index (κ2) is 3.51. The predicted octanol–water partition coefficient (Wildman–Crippen LogP) is 4.89. The Labute approximate surface area is 117 Å². The van der Waals surface area contributed by atoms with Gasteiger partial charge in [-0.05, 0) is 39.6 Å². The Hall–Kier alpha value is -2.54. The standard InChI is InChI=1S/C19H12O/c1-2-7-15-13(6-1)14-8-3-5-12-11-17-16(9-4-10-20-17)19(15)18(12)14/h1-9,11H,10H2. The second-order valence-corrected chi connectivity index (χ2v) is 5.33. The van der Waals surface area contributed by atoms with Gasteiger partial charge in [-0.25, -0.2) is 0 Å². The minimum Gasteiger partial charge on any atom is -0.489 e. The lowest BCUT2D eigenvalue weighted by Gasteiger charge is -2.17. The van der Waals surface area contributed by atoms with Crippen molar-refractivity contribution in [2.24, 2.45) is 0 Å². The second-order valence-electron chi connectivity index (χ2n) is 5.33. The van der Waals surface area contributed by atoms with E-state index in [1.807, 2.05) is 0 Å². The molecular weight excluding hydrogens is 244 g/mol. The summed E-state index contributed by atoms with van der Waals surface area (Å²) in [6, 6.07) is 17.4. The molecule has 5 rings (SSSR count). The molecule has 0 saturated heterocycles. The van der Waals surface area contributed by atoms with Crippen LogP contribution in [0.5, 0.6) is 5.75 Å². The molecule has 0 aromatic heterocycles. The molecule has 0 saturated carbocycles. The monoisotopic (exact) mass is 256 g/mol. The van der Waals surface area contributed by atoms with E-state index in [9.17, 15) is 0 Å². The number of benzene rings is 3. The van der Waals surface area contributed by atoms with Gasteiger partial charge in [0.05, 0.1) is 0 Å². The van der Waals surface area contributed by atoms with Crippen molar-refractivity contribution in [1.82, 2.24) is 0 Å². The molecule has 1 heteroatoms. The van der Waals surface area contributed by atoms with Crippen molar-refractivity contribution < 1.29 is 4.74 Å². The molecule has 3 aromatic carbocycles. The van der Waals surface area contributed by atoms with E-state index in [-0.39, 0.29) is 0 Å². The van der Waals surface area contributed by atoms with Gasteiger partial charge in [-0.15, -0.1) is 0 Å². The van der Waals surface area contributed by atoms with Crippen molar-refractivity contribution >= 4 is 16.8 Å². The van der Waals surface area contributed by atoms with Gasteiger partial charge in [0.1, 0.15) is 12.4 Å². The molecule has 0 fully saturated rings. The fourth-order valence-electron chi connectivity index (χ4n) is 3.48. The highest BCUT2D eigenvalue weighted by molar-refractivity contribution is 6.18. The molecular formula is C19H12O. The summed E-state index contributed by atoms with van der Waals surface area (Å²) in [5.41, 5.74) is 6.56. The molecule has 0 atom stereocenters. The maximum Gasteiger partial charge on any atom is 0.128 e. The summed E-state index contributed by atoms with van der Waals surface area (Å²) in [5.74, 6) is 1.00. The smallest absolute Gasteiger partial charge is 0.128 e. The molecule has 0 N–H and O–H groups in total. The molecule has 0 unspecified atom stereocenters. The Morgan fingerprint density at radius 1 is 0.850 bits per heavy atom. The van der Waals surface area contributed by atoms with Crippen molar-refractivity contribution in [2.75, 3.05) is 6.61 Å². The molecule has 1 heterocycles. The molecule has 1 aliphatic heterocycles. The van der Waals surface area contributed by atoms with Crippen LogP contribution >= 0.6 is 0 Å². The van der Waals surface area contributed by atoms with Crippen molar-refractivity contribution in [3.8, 4) is 28.0 Å². The van der Waals surface area contributed by atoms with Crippen LogP contribution in [-0.2, 0) is 0 Å². The zero-order valence-corrected chi connectivity index (χ0v) is 10.9. The van der Waals surface area contributed by atoms with Crippen LogP contribution in [0.3, 0.4) is 0 Å². The van der Waals surface area contributed by atoms with Gasteiger partial charge in [0.25, 0.3) is 0 Å². The predicted molar refractivity (Wildman–Crippen MR) is 82.9 cm³/mol. The van der Waals surface area contributed by atoms with Crippen LogP contribution in [0.25, 0.3) is 39.1 Å². The molecule has 0 bridgehead atoms. The van der Waals surface area contributed by atoms with Gasteiger partial charge < -0.3 is 4.74 Å². The third-order valence-corrected chi connectivity index (χ3v) is 4.27. The van der Waals surface area contributed by atoms with Crippen molar-refractivity contribution in [3.05, 3.63) is 60.2 Å². The maximum atomic E-state index is 5.83. The lowest BCUT2D eigenvalue weighted by molar-refractivity contribution is 0.359. The first kappa shape index (κ1) is 10.3. The summed E-state index contributed by atoms with van der Waals surface area (Å²) in [5, 5.41) is 2.63. The third kappa shape index (κ3) is 1.13. The van der Waals surface area contributed by atoms with Gasteiger partial charge in [-0.1, -0.05) is 48.5 Å². The Bertz CT molecular complexity index is 903. The van der Waals surface area contributed by atoms with Crippen LogP contribution in [0.15, 0.2) is 54.6 Å². The molecule has 1 aliphatic carbocycles. The highest BCUT2D eigenvalue weighted by Gasteiger charge is 2.25. The van der Waals surface area contributed by atoms with Gasteiger partial charge >= 0.3 is 0 Å². The Balaban J connectivity index is 2.06. The molecule has 2 aliphatic rings. The van der Waals surface area contributed by atoms with Gasteiger partial charge in [-0.2, -0.15) is 0 Å². The normalized spacial score (nSPS) is 14.0. The maximum absolute atomic E-state index is 5.83. The van der Waals surface area contributed by atoms with Crippen LogP contribution < -0.4 is 4.74 Å². The molecule has 1 nitrogen and oxygen atoms in total. The third-order valence-electron chi connectivity index (χ3n) is 4.27. The first-order valence-corrected chi connectivity index (χ1v) is 6.92. The van der Waals surface area contributed by atoms with Crippen molar-refractivity contribution in [1.29, 1.82) is 0 Å². The van der Waals surface area contributed by atoms with E-state index in [2.05, 4.69) is 60.7 Å². The first-order valence-electron chi connectivity index (χ1n) is 6.92. The summed E-state index contributed by atoms with van der Waals surface area (Å²) in [4.78, 5) is 0. The van der Waals surface area contributed by atoms with Gasteiger partial charge in [0.15, 0.2) is 0 Å². The topological polar surface area (TPSA) is 9.23 Å². The van der Waals surface area contributed by atoms with E-state index in [0.29, 0.717) is 6.61 Å². The fraction of sp³-hybridized carbons (Fsp3) is 0.0526. The average Bonchev–Trinajstić information content (AvgIpc) is 2.85. The minimum atomic E-state index is 0.666. The fourth-order valence-corrected chi connectivity index (χ4v) is 3.48. The number of hydrogen-bond donors (Lipinski definition) is 0. The summed E-state index contributed by atoms with van der Waals surface area (Å²) in [6.07, 6.45) is 4.29. The van der Waals surface area contributed by atoms with Crippen LogP contribution in [0, 0.1) is 0 Å². The molecule has 0 amide bonds. The van der Waals surface area contributed by atoms with Crippen molar-refractivity contribution in [3.63, 3.8) is 0 Å². The molecule has 3 aromatic rings. The van der Waals surface area contributed by atoms with Crippen LogP contribution in [0.1, 0.15) is 5.56 Å². The Kier molecular flexibility index (Phi) is 1.80. The van der Waals surface area contributed by atoms with Crippen molar-refractivity contribution in [2.45, 2.75) is 0 Å². The summed E-state index contributed by atoms with van der Waals surface area (Å²) < 4.78 is 5.83. The van der Waals surface area contributed by atoms with E-state index in [1.54, 1.807) is 0 Å². The quantitative estimate of drug-likeness (QED) is 0.435. The van der Waals surface area contributed by atoms with Gasteiger partial charge in [-0.3, -0.25) is 0 Å². The number of fused-ring (bicyclic) bond motifs is 5. The summed E-state index contributed by atoms with van der Waals surface area (Å²) in [7, 11) is 0. The Morgan fingerprint density at radius 2 is 1.70 bits per heavy atom. The lowest BCUT2D eigenvalue weighted by Crippen LogP contribution is -2.01. The Morgan fingerprint density at radius 3 is 2.65 bits per heavy atom. The average molecular weight is 256 g/mol. The number of hydrogen-bond acceptors (Lipinski definition) is 1. The van der Waals surface area contributed by atoms with E-state index in [4.69, 9.17) is 4.74 Å². The summed E-state index contributed by atoms with van der Waals surface area (Å²) >= 11 is 0. The van der Waals surface area contributed by atoms with E-state index < -0.39 is 0 Å². The highest BCUT2D eigenvalue weighted by Crippen LogP contribution is 2.51. The largest absolute Gasteiger partial charge is 0.489 e. The minimum absolute atomic E-state index is 0.666. The molecule has 0 radical (unpaired) electrons. The number of ether oxygens (including phenoxy) is 1. The first-order chi connectivity index (χ1) is 9.93. The molecule has 0 spiro atoms. The summed E-state index contributed by atoms with van der Waals surface area (Å²) in [6.45, 7) is 0.666. The lowest BCUT2D eigenvalue weighted by atomic mass is 9.95. The van der Waals surface area contributed by atoms with E-state index >= 15 is 0 Å². The zero-order valence-electron chi connectivity index (χ0n) is 10.9. The van der Waals surface area contributed by atoms with Gasteiger partial charge in [0, 0.05) is 11.1 Å². The van der Waals surface area contributed by atoms with E-state index in [0.717, 1.165) is 5.75 Å². The van der Waals surface area contributed by atoms with Crippen LogP contribution in [0.4, 0.5) is 0 Å². The number of rotatable bonds is 0. The van der Waals surface area contributed by atoms with E-state index in [1.165, 1.54) is 38.6 Å². The van der Waals surface area contributed by atoms with Crippen LogP contribution in [0.2, 0.25) is 0 Å². The highest BCUT2D eigenvalue weighted by atomic mass is 16.5. The van der Waals surface area contributed by atoms with Crippen LogP contribution in [-0.4, -0.2) is 6.61 Å². The molecule has 94 valence electrons. The SMILES string of the molecule is C1=Cc2c(cc3cccc4c3c2-c2ccccc2-4)OC1. The zero-order chi connectivity index (χ0) is 13.1. The van der Waals surface area contributed by atoms with Gasteiger partial charge in [0.2, 0.25) is 0 Å².